The molecule has 1 heterocycles. The van der Waals surface area contributed by atoms with Gasteiger partial charge in [0.2, 0.25) is 0 Å². The summed E-state index contributed by atoms with van der Waals surface area (Å²) in [6.45, 7) is 4.69. The Morgan fingerprint density at radius 2 is 1.81 bits per heavy atom. The third-order valence-corrected chi connectivity index (χ3v) is 3.38. The second-order valence-electron chi connectivity index (χ2n) is 4.87. The first-order valence-corrected chi connectivity index (χ1v) is 6.82. The Hall–Kier alpha value is -1.89. The number of ether oxygens (including phenoxy) is 1. The van der Waals surface area contributed by atoms with Crippen molar-refractivity contribution in [3.8, 4) is 5.75 Å². The van der Waals surface area contributed by atoms with Crippen LogP contribution in [0.15, 0.2) is 12.1 Å². The molecule has 21 heavy (non-hydrogen) atoms. The van der Waals surface area contributed by atoms with E-state index in [0.717, 1.165) is 12.1 Å². The van der Waals surface area contributed by atoms with Gasteiger partial charge in [0, 0.05) is 32.7 Å². The summed E-state index contributed by atoms with van der Waals surface area (Å²) >= 11 is 0. The second-order valence-corrected chi connectivity index (χ2v) is 4.87. The van der Waals surface area contributed by atoms with E-state index in [1.165, 1.54) is 0 Å². The van der Waals surface area contributed by atoms with Crippen LogP contribution in [0.5, 0.6) is 5.75 Å². The average Bonchev–Trinajstić information content (AvgIpc) is 2.45. The molecule has 0 atom stereocenters. The predicted octanol–water partition coefficient (Wildman–Crippen LogP) is 1.94. The minimum Gasteiger partial charge on any atom is -0.503 e. The number of benzene rings is 1. The third-order valence-electron chi connectivity index (χ3n) is 3.38. The van der Waals surface area contributed by atoms with Crippen molar-refractivity contribution >= 4 is 6.09 Å². The Kier molecular flexibility index (Phi) is 4.95. The molecule has 0 saturated carbocycles. The Morgan fingerprint density at radius 3 is 2.33 bits per heavy atom. The molecule has 1 aromatic rings. The van der Waals surface area contributed by atoms with Gasteiger partial charge < -0.3 is 14.7 Å². The van der Waals surface area contributed by atoms with Crippen LogP contribution in [0.2, 0.25) is 0 Å². The number of carbonyl (C=O) groups is 1. The zero-order valence-electron chi connectivity index (χ0n) is 11.8. The maximum atomic E-state index is 13.3. The van der Waals surface area contributed by atoms with Crippen LogP contribution in [0.1, 0.15) is 12.5 Å². The molecule has 0 radical (unpaired) electrons. The molecule has 2 rings (SSSR count). The molecule has 1 aliphatic heterocycles. The molecule has 1 amide bonds. The Bertz CT molecular complexity index is 494. The summed E-state index contributed by atoms with van der Waals surface area (Å²) in [4.78, 5) is 15.1. The van der Waals surface area contributed by atoms with Gasteiger partial charge in [0.25, 0.3) is 0 Å². The zero-order chi connectivity index (χ0) is 15.4. The van der Waals surface area contributed by atoms with Gasteiger partial charge in [-0.15, -0.1) is 0 Å². The van der Waals surface area contributed by atoms with Crippen LogP contribution in [0, 0.1) is 11.6 Å². The lowest BCUT2D eigenvalue weighted by atomic mass is 10.1. The van der Waals surface area contributed by atoms with E-state index in [1.54, 1.807) is 11.8 Å². The van der Waals surface area contributed by atoms with Crippen molar-refractivity contribution in [3.63, 3.8) is 0 Å². The standard InChI is InChI=1S/C14H18F2N2O3/c1-2-21-14(20)18-5-3-17(4-6-18)9-10-7-11(15)13(19)12(16)8-10/h7-8,19H,2-6,9H2,1H3. The number of nitrogens with zero attached hydrogens (tertiary/aromatic N) is 2. The summed E-state index contributed by atoms with van der Waals surface area (Å²) in [5.74, 6) is -2.88. The summed E-state index contributed by atoms with van der Waals surface area (Å²) in [5.41, 5.74) is 0.451. The van der Waals surface area contributed by atoms with Crippen LogP contribution in [0.4, 0.5) is 13.6 Å². The molecule has 116 valence electrons. The van der Waals surface area contributed by atoms with E-state index in [-0.39, 0.29) is 6.09 Å². The molecule has 7 heteroatoms. The molecular weight excluding hydrogens is 282 g/mol. The summed E-state index contributed by atoms with van der Waals surface area (Å²) in [7, 11) is 0. The lowest BCUT2D eigenvalue weighted by Crippen LogP contribution is -2.48. The lowest BCUT2D eigenvalue weighted by Gasteiger charge is -2.34. The van der Waals surface area contributed by atoms with Crippen molar-refractivity contribution in [2.24, 2.45) is 0 Å². The normalized spacial score (nSPS) is 16.0. The highest BCUT2D eigenvalue weighted by Gasteiger charge is 2.22. The third kappa shape index (κ3) is 3.81. The van der Waals surface area contributed by atoms with Gasteiger partial charge in [-0.25, -0.2) is 13.6 Å². The van der Waals surface area contributed by atoms with Gasteiger partial charge in [-0.05, 0) is 24.6 Å². The van der Waals surface area contributed by atoms with Crippen LogP contribution < -0.4 is 0 Å². The molecule has 0 aromatic heterocycles. The number of rotatable bonds is 3. The van der Waals surface area contributed by atoms with Gasteiger partial charge in [0.15, 0.2) is 17.4 Å². The Labute approximate surface area is 121 Å². The minimum absolute atomic E-state index is 0.334. The maximum absolute atomic E-state index is 13.3. The molecule has 1 N–H and O–H groups in total. The van der Waals surface area contributed by atoms with E-state index in [9.17, 15) is 13.6 Å². The first-order valence-electron chi connectivity index (χ1n) is 6.82. The monoisotopic (exact) mass is 300 g/mol. The van der Waals surface area contributed by atoms with Crippen LogP contribution in [-0.2, 0) is 11.3 Å². The first-order chi connectivity index (χ1) is 10.0. The van der Waals surface area contributed by atoms with E-state index < -0.39 is 17.4 Å². The highest BCUT2D eigenvalue weighted by atomic mass is 19.1. The second kappa shape index (κ2) is 6.71. The van der Waals surface area contributed by atoms with E-state index in [2.05, 4.69) is 0 Å². The van der Waals surface area contributed by atoms with E-state index in [0.29, 0.717) is 44.9 Å². The van der Waals surface area contributed by atoms with Crippen LogP contribution >= 0.6 is 0 Å². The minimum atomic E-state index is -0.963. The Morgan fingerprint density at radius 1 is 1.24 bits per heavy atom. The number of amides is 1. The van der Waals surface area contributed by atoms with Crippen molar-refractivity contribution in [2.45, 2.75) is 13.5 Å². The lowest BCUT2D eigenvalue weighted by molar-refractivity contribution is 0.0778. The molecule has 0 bridgehead atoms. The SMILES string of the molecule is CCOC(=O)N1CCN(Cc2cc(F)c(O)c(F)c2)CC1. The fourth-order valence-corrected chi connectivity index (χ4v) is 2.27. The molecule has 1 aliphatic rings. The zero-order valence-corrected chi connectivity index (χ0v) is 11.8. The topological polar surface area (TPSA) is 53.0 Å². The maximum Gasteiger partial charge on any atom is 0.409 e. The molecule has 1 fully saturated rings. The molecule has 0 aliphatic carbocycles. The van der Waals surface area contributed by atoms with Crippen molar-refractivity contribution in [2.75, 3.05) is 32.8 Å². The van der Waals surface area contributed by atoms with Gasteiger partial charge in [-0.2, -0.15) is 0 Å². The fraction of sp³-hybridized carbons (Fsp3) is 0.500. The van der Waals surface area contributed by atoms with Crippen molar-refractivity contribution in [1.29, 1.82) is 0 Å². The number of phenols is 1. The van der Waals surface area contributed by atoms with E-state index >= 15 is 0 Å². The summed E-state index contributed by atoms with van der Waals surface area (Å²) in [6.07, 6.45) is -0.334. The molecule has 0 spiro atoms. The fourth-order valence-electron chi connectivity index (χ4n) is 2.27. The molecule has 0 unspecified atom stereocenters. The highest BCUT2D eigenvalue weighted by molar-refractivity contribution is 5.67. The largest absolute Gasteiger partial charge is 0.503 e. The summed E-state index contributed by atoms with van der Waals surface area (Å²) < 4.78 is 31.5. The number of halogens is 2. The predicted molar refractivity (Wildman–Crippen MR) is 71.9 cm³/mol. The van der Waals surface area contributed by atoms with Crippen molar-refractivity contribution in [3.05, 3.63) is 29.3 Å². The summed E-state index contributed by atoms with van der Waals surface area (Å²) in [5, 5.41) is 9.06. The van der Waals surface area contributed by atoms with Gasteiger partial charge in [0.1, 0.15) is 0 Å². The van der Waals surface area contributed by atoms with Crippen LogP contribution in [-0.4, -0.2) is 53.8 Å². The van der Waals surface area contributed by atoms with E-state index in [1.807, 2.05) is 4.90 Å². The van der Waals surface area contributed by atoms with Crippen molar-refractivity contribution < 1.29 is 23.4 Å². The van der Waals surface area contributed by atoms with E-state index in [4.69, 9.17) is 9.84 Å². The van der Waals surface area contributed by atoms with Crippen LogP contribution in [0.25, 0.3) is 0 Å². The van der Waals surface area contributed by atoms with Gasteiger partial charge in [-0.1, -0.05) is 0 Å². The first kappa shape index (κ1) is 15.5. The van der Waals surface area contributed by atoms with Gasteiger partial charge in [-0.3, -0.25) is 4.90 Å². The smallest absolute Gasteiger partial charge is 0.409 e. The molecule has 1 saturated heterocycles. The number of hydrogen-bond acceptors (Lipinski definition) is 4. The highest BCUT2D eigenvalue weighted by Crippen LogP contribution is 2.22. The number of hydrogen-bond donors (Lipinski definition) is 1. The van der Waals surface area contributed by atoms with Crippen molar-refractivity contribution in [1.82, 2.24) is 9.80 Å². The number of piperazine rings is 1. The number of phenolic OH excluding ortho intramolecular Hbond substituents is 1. The molecule has 1 aromatic carbocycles. The quantitative estimate of drug-likeness (QED) is 0.927. The Balaban J connectivity index is 1.90. The molecule has 5 nitrogen and oxygen atoms in total. The van der Waals surface area contributed by atoms with Gasteiger partial charge >= 0.3 is 6.09 Å². The van der Waals surface area contributed by atoms with Crippen LogP contribution in [0.3, 0.4) is 0 Å². The average molecular weight is 300 g/mol. The summed E-state index contributed by atoms with van der Waals surface area (Å²) in [6, 6.07) is 2.24. The number of aromatic hydroxyl groups is 1. The van der Waals surface area contributed by atoms with Gasteiger partial charge in [0.05, 0.1) is 6.61 Å². The molecular formula is C14H18F2N2O3. The number of carbonyl (C=O) groups excluding carboxylic acids is 1.